The number of rotatable bonds is 3. The van der Waals surface area contributed by atoms with Crippen LogP contribution in [0.2, 0.25) is 0 Å². The van der Waals surface area contributed by atoms with E-state index in [1.807, 2.05) is 19.9 Å². The molecule has 1 aromatic carbocycles. The maximum absolute atomic E-state index is 9.71. The summed E-state index contributed by atoms with van der Waals surface area (Å²) in [5.74, 6) is 0.870. The van der Waals surface area contributed by atoms with Gasteiger partial charge in [0.25, 0.3) is 0 Å². The lowest BCUT2D eigenvalue weighted by Crippen LogP contribution is -2.28. The fourth-order valence-corrected chi connectivity index (χ4v) is 1.74. The molecule has 0 amide bonds. The number of phenols is 1. The van der Waals surface area contributed by atoms with Gasteiger partial charge in [0.1, 0.15) is 16.9 Å². The van der Waals surface area contributed by atoms with Gasteiger partial charge in [-0.05, 0) is 70.2 Å². The van der Waals surface area contributed by atoms with Crippen LogP contribution < -0.4 is 5.32 Å². The first-order valence-electron chi connectivity index (χ1n) is 7.24. The Labute approximate surface area is 131 Å². The van der Waals surface area contributed by atoms with Crippen molar-refractivity contribution in [2.24, 2.45) is 0 Å². The van der Waals surface area contributed by atoms with E-state index in [0.29, 0.717) is 11.7 Å². The number of nitriles is 2. The molecule has 1 aromatic rings. The van der Waals surface area contributed by atoms with Crippen LogP contribution in [0.3, 0.4) is 0 Å². The third kappa shape index (κ3) is 6.03. The van der Waals surface area contributed by atoms with Gasteiger partial charge in [0, 0.05) is 5.69 Å². The predicted octanol–water partition coefficient (Wildman–Crippen LogP) is 3.26. The summed E-state index contributed by atoms with van der Waals surface area (Å²) in [5.41, 5.74) is 0.155. The zero-order valence-electron chi connectivity index (χ0n) is 13.5. The molecule has 0 radical (unpaired) electrons. The Morgan fingerprint density at radius 2 is 1.68 bits per heavy atom. The standard InChI is InChI=1S/C13H16N2O.C4H7NO/c1-13(2,8-14)15-10-5-6-12(16)11(7-10)9-3-4-9;1-4(2,6)3-5/h5-7,9,15-16H,3-4H2,1-2H3;6H,1-2H3. The summed E-state index contributed by atoms with van der Waals surface area (Å²) in [6.07, 6.45) is 2.30. The van der Waals surface area contributed by atoms with Crippen molar-refractivity contribution in [3.63, 3.8) is 0 Å². The van der Waals surface area contributed by atoms with Gasteiger partial charge in [0.2, 0.25) is 0 Å². The SMILES string of the molecule is CC(C)(C#N)Nc1ccc(O)c(C2CC2)c1.CC(C)(O)C#N. The van der Waals surface area contributed by atoms with Gasteiger partial charge in [-0.25, -0.2) is 0 Å². The summed E-state index contributed by atoms with van der Waals surface area (Å²) in [7, 11) is 0. The molecule has 1 saturated carbocycles. The van der Waals surface area contributed by atoms with Crippen LogP contribution in [-0.2, 0) is 0 Å². The van der Waals surface area contributed by atoms with Gasteiger partial charge in [-0.1, -0.05) is 0 Å². The van der Waals surface area contributed by atoms with Crippen LogP contribution in [0.25, 0.3) is 0 Å². The molecule has 3 N–H and O–H groups in total. The van der Waals surface area contributed by atoms with Crippen LogP contribution in [0.1, 0.15) is 52.0 Å². The highest BCUT2D eigenvalue weighted by molar-refractivity contribution is 5.54. The Bertz CT molecular complexity index is 600. The van der Waals surface area contributed by atoms with E-state index in [0.717, 1.165) is 24.1 Å². The first-order valence-corrected chi connectivity index (χ1v) is 7.24. The van der Waals surface area contributed by atoms with Crippen molar-refractivity contribution in [3.05, 3.63) is 23.8 Å². The highest BCUT2D eigenvalue weighted by Crippen LogP contribution is 2.44. The molecule has 5 nitrogen and oxygen atoms in total. The maximum atomic E-state index is 9.71. The molecule has 1 fully saturated rings. The maximum Gasteiger partial charge on any atom is 0.145 e. The second-order valence-electron chi connectivity index (χ2n) is 6.58. The molecule has 1 aliphatic rings. The molecule has 0 spiro atoms. The Morgan fingerprint density at radius 1 is 1.14 bits per heavy atom. The summed E-state index contributed by atoms with van der Waals surface area (Å²) in [6, 6.07) is 9.31. The van der Waals surface area contributed by atoms with Crippen LogP contribution in [-0.4, -0.2) is 21.4 Å². The number of hydrogen-bond donors (Lipinski definition) is 3. The predicted molar refractivity (Wildman–Crippen MR) is 85.3 cm³/mol. The monoisotopic (exact) mass is 301 g/mol. The van der Waals surface area contributed by atoms with Crippen molar-refractivity contribution in [1.29, 1.82) is 10.5 Å². The van der Waals surface area contributed by atoms with E-state index in [2.05, 4.69) is 11.4 Å². The van der Waals surface area contributed by atoms with Crippen LogP contribution in [0.4, 0.5) is 5.69 Å². The van der Waals surface area contributed by atoms with E-state index in [-0.39, 0.29) is 0 Å². The smallest absolute Gasteiger partial charge is 0.145 e. The molecule has 0 aliphatic heterocycles. The lowest BCUT2D eigenvalue weighted by Gasteiger charge is -2.19. The first-order chi connectivity index (χ1) is 10.1. The highest BCUT2D eigenvalue weighted by atomic mass is 16.3. The molecular formula is C17H23N3O2. The summed E-state index contributed by atoms with van der Waals surface area (Å²) < 4.78 is 0. The number of benzene rings is 1. The van der Waals surface area contributed by atoms with Gasteiger partial charge in [-0.15, -0.1) is 0 Å². The molecule has 118 valence electrons. The molecule has 0 bridgehead atoms. The number of nitrogens with one attached hydrogen (secondary N) is 1. The van der Waals surface area contributed by atoms with Crippen molar-refractivity contribution in [3.8, 4) is 17.9 Å². The average Bonchev–Trinajstić information content (AvgIpc) is 3.25. The fraction of sp³-hybridized carbons (Fsp3) is 0.529. The quantitative estimate of drug-likeness (QED) is 0.587. The van der Waals surface area contributed by atoms with Gasteiger partial charge in [0.15, 0.2) is 0 Å². The highest BCUT2D eigenvalue weighted by Gasteiger charge is 2.27. The number of hydrogen-bond acceptors (Lipinski definition) is 5. The number of phenolic OH excluding ortho intramolecular Hbond substituents is 1. The average molecular weight is 301 g/mol. The van der Waals surface area contributed by atoms with Crippen LogP contribution >= 0.6 is 0 Å². The van der Waals surface area contributed by atoms with Crippen molar-refractivity contribution in [1.82, 2.24) is 0 Å². The number of aromatic hydroxyl groups is 1. The summed E-state index contributed by atoms with van der Waals surface area (Å²) in [4.78, 5) is 0. The topological polar surface area (TPSA) is 100 Å². The summed E-state index contributed by atoms with van der Waals surface area (Å²) in [5, 5.41) is 38.2. The normalized spacial score (nSPS) is 14.1. The molecule has 5 heteroatoms. The third-order valence-electron chi connectivity index (χ3n) is 3.05. The minimum absolute atomic E-state index is 0.364. The lowest BCUT2D eigenvalue weighted by molar-refractivity contribution is 0.141. The van der Waals surface area contributed by atoms with E-state index >= 15 is 0 Å². The summed E-state index contributed by atoms with van der Waals surface area (Å²) >= 11 is 0. The number of aliphatic hydroxyl groups is 1. The molecule has 22 heavy (non-hydrogen) atoms. The van der Waals surface area contributed by atoms with E-state index in [4.69, 9.17) is 15.6 Å². The van der Waals surface area contributed by atoms with E-state index in [1.165, 1.54) is 13.8 Å². The molecular weight excluding hydrogens is 278 g/mol. The van der Waals surface area contributed by atoms with Gasteiger partial charge in [-0.2, -0.15) is 10.5 Å². The fourth-order valence-electron chi connectivity index (χ4n) is 1.74. The summed E-state index contributed by atoms with van der Waals surface area (Å²) in [6.45, 7) is 6.54. The zero-order valence-corrected chi connectivity index (χ0v) is 13.5. The van der Waals surface area contributed by atoms with Gasteiger partial charge in [-0.3, -0.25) is 0 Å². The van der Waals surface area contributed by atoms with E-state index in [1.54, 1.807) is 18.2 Å². The van der Waals surface area contributed by atoms with Crippen molar-refractivity contribution in [2.75, 3.05) is 5.32 Å². The van der Waals surface area contributed by atoms with Crippen LogP contribution in [0.5, 0.6) is 5.75 Å². The lowest BCUT2D eigenvalue weighted by atomic mass is 10.1. The largest absolute Gasteiger partial charge is 0.508 e. The number of nitrogens with zero attached hydrogens (tertiary/aromatic N) is 2. The molecule has 0 atom stereocenters. The number of anilines is 1. The Kier molecular flexibility index (Phi) is 5.41. The Morgan fingerprint density at radius 3 is 2.09 bits per heavy atom. The molecule has 2 rings (SSSR count). The molecule has 1 aliphatic carbocycles. The second-order valence-corrected chi connectivity index (χ2v) is 6.58. The zero-order chi connectivity index (χ0) is 17.0. The van der Waals surface area contributed by atoms with Crippen LogP contribution in [0.15, 0.2) is 18.2 Å². The molecule has 0 heterocycles. The van der Waals surface area contributed by atoms with Gasteiger partial charge in [0.05, 0.1) is 12.1 Å². The molecule has 0 aromatic heterocycles. The molecule has 0 unspecified atom stereocenters. The minimum Gasteiger partial charge on any atom is -0.508 e. The van der Waals surface area contributed by atoms with E-state index < -0.39 is 11.1 Å². The van der Waals surface area contributed by atoms with Crippen molar-refractivity contribution < 1.29 is 10.2 Å². The Hall–Kier alpha value is -2.24. The van der Waals surface area contributed by atoms with Crippen molar-refractivity contribution in [2.45, 2.75) is 57.6 Å². The Balaban J connectivity index is 0.000000346. The van der Waals surface area contributed by atoms with Crippen LogP contribution in [0, 0.1) is 22.7 Å². The minimum atomic E-state index is -1.15. The van der Waals surface area contributed by atoms with Gasteiger partial charge < -0.3 is 15.5 Å². The van der Waals surface area contributed by atoms with Gasteiger partial charge >= 0.3 is 0 Å². The first kappa shape index (κ1) is 17.8. The van der Waals surface area contributed by atoms with Crippen molar-refractivity contribution >= 4 is 5.69 Å². The second kappa shape index (κ2) is 6.68. The molecule has 0 saturated heterocycles. The third-order valence-corrected chi connectivity index (χ3v) is 3.05. The van der Waals surface area contributed by atoms with E-state index in [9.17, 15) is 5.11 Å².